The Morgan fingerprint density at radius 2 is 1.66 bits per heavy atom. The molecule has 0 unspecified atom stereocenters. The minimum absolute atomic E-state index is 0.129. The molecule has 0 radical (unpaired) electrons. The number of ether oxygens (including phenoxy) is 3. The lowest BCUT2D eigenvalue weighted by Crippen LogP contribution is -2.55. The highest BCUT2D eigenvalue weighted by atomic mass is 16.6. The number of hydrogen-bond acceptors (Lipinski definition) is 6. The Balaban J connectivity index is 1.25. The second kappa shape index (κ2) is 8.55. The van der Waals surface area contributed by atoms with E-state index < -0.39 is 6.10 Å². The summed E-state index contributed by atoms with van der Waals surface area (Å²) in [4.78, 5) is 29.6. The topological polar surface area (TPSA) is 81.5 Å². The number of carbonyl (C=O) groups excluding carboxylic acids is 2. The van der Waals surface area contributed by atoms with Gasteiger partial charge in [0, 0.05) is 44.2 Å². The molecule has 8 nitrogen and oxygen atoms in total. The minimum Gasteiger partial charge on any atom is -0.485 e. The molecule has 0 aliphatic carbocycles. The largest absolute Gasteiger partial charge is 0.485 e. The van der Waals surface area contributed by atoms with E-state index in [2.05, 4.69) is 0 Å². The monoisotopic (exact) mass is 436 g/mol. The van der Waals surface area contributed by atoms with Gasteiger partial charge in [0.05, 0.1) is 6.61 Å². The van der Waals surface area contributed by atoms with Crippen LogP contribution in [0.2, 0.25) is 0 Å². The van der Waals surface area contributed by atoms with E-state index in [0.717, 1.165) is 10.9 Å². The van der Waals surface area contributed by atoms with E-state index >= 15 is 0 Å². The van der Waals surface area contributed by atoms with Gasteiger partial charge in [-0.2, -0.15) is 0 Å². The van der Waals surface area contributed by atoms with Gasteiger partial charge < -0.3 is 28.4 Å². The van der Waals surface area contributed by atoms with Crippen molar-refractivity contribution in [1.29, 1.82) is 0 Å². The third kappa shape index (κ3) is 3.67. The number of methoxy groups -OCH3 is 1. The average molecular weight is 436 g/mol. The predicted octanol–water partition coefficient (Wildman–Crippen LogP) is 2.70. The maximum absolute atomic E-state index is 13.2. The number of fused-ring (bicyclic) bond motifs is 2. The number of benzene rings is 2. The zero-order valence-corrected chi connectivity index (χ0v) is 17.8. The van der Waals surface area contributed by atoms with Crippen molar-refractivity contribution in [3.63, 3.8) is 0 Å². The molecule has 1 fully saturated rings. The fourth-order valence-corrected chi connectivity index (χ4v) is 4.18. The Kier molecular flexibility index (Phi) is 5.45. The third-order valence-electron chi connectivity index (χ3n) is 5.84. The Bertz CT molecular complexity index is 1150. The smallest absolute Gasteiger partial charge is 0.290 e. The Labute approximate surface area is 185 Å². The molecule has 1 saturated heterocycles. The Morgan fingerprint density at radius 3 is 2.44 bits per heavy atom. The summed E-state index contributed by atoms with van der Waals surface area (Å²) in [6.07, 6.45) is -0.684. The summed E-state index contributed by atoms with van der Waals surface area (Å²) in [5.74, 6) is 1.20. The Morgan fingerprint density at radius 1 is 0.969 bits per heavy atom. The van der Waals surface area contributed by atoms with Gasteiger partial charge in [-0.3, -0.25) is 9.59 Å². The minimum atomic E-state index is -0.684. The van der Waals surface area contributed by atoms with Gasteiger partial charge in [-0.15, -0.1) is 0 Å². The van der Waals surface area contributed by atoms with E-state index in [1.165, 1.54) is 0 Å². The van der Waals surface area contributed by atoms with Crippen LogP contribution in [0, 0.1) is 0 Å². The van der Waals surface area contributed by atoms with E-state index in [9.17, 15) is 9.59 Å². The van der Waals surface area contributed by atoms with Gasteiger partial charge in [0.25, 0.3) is 11.8 Å². The molecule has 2 aliphatic rings. The lowest BCUT2D eigenvalue weighted by atomic mass is 10.1. The highest BCUT2D eigenvalue weighted by Gasteiger charge is 2.34. The molecular weight excluding hydrogens is 412 g/mol. The number of para-hydroxylation sites is 3. The van der Waals surface area contributed by atoms with E-state index in [1.54, 1.807) is 23.0 Å². The number of rotatable bonds is 4. The first-order valence-electron chi connectivity index (χ1n) is 10.6. The molecule has 5 rings (SSSR count). The lowest BCUT2D eigenvalue weighted by Gasteiger charge is -2.37. The number of carbonyl (C=O) groups is 2. The molecular formula is C24H24N2O6. The first-order chi connectivity index (χ1) is 15.7. The first-order valence-corrected chi connectivity index (χ1v) is 10.6. The molecule has 32 heavy (non-hydrogen) atoms. The van der Waals surface area contributed by atoms with Crippen LogP contribution in [0.3, 0.4) is 0 Å². The molecule has 2 amide bonds. The van der Waals surface area contributed by atoms with Gasteiger partial charge in [0.2, 0.25) is 6.10 Å². The van der Waals surface area contributed by atoms with Crippen molar-refractivity contribution in [3.8, 4) is 11.5 Å². The summed E-state index contributed by atoms with van der Waals surface area (Å²) >= 11 is 0. The highest BCUT2D eigenvalue weighted by Crippen LogP contribution is 2.32. The van der Waals surface area contributed by atoms with Gasteiger partial charge >= 0.3 is 0 Å². The molecule has 0 spiro atoms. The zero-order valence-electron chi connectivity index (χ0n) is 17.8. The fraction of sp³-hybridized carbons (Fsp3) is 0.333. The fourth-order valence-electron chi connectivity index (χ4n) is 4.18. The number of amides is 2. The standard InChI is InChI=1S/C24H24N2O6/c1-29-14-17-16-6-2-3-7-18(16)32-22(17)24(28)26-12-10-25(11-13-26)23(27)21-15-30-19-8-4-5-9-20(19)31-21/h2-9,21H,10-15H2,1H3/t21-/m0/s1. The van der Waals surface area contributed by atoms with Crippen LogP contribution >= 0.6 is 0 Å². The summed E-state index contributed by atoms with van der Waals surface area (Å²) in [7, 11) is 1.59. The first kappa shape index (κ1) is 20.4. The molecule has 3 aromatic rings. The molecule has 0 saturated carbocycles. The third-order valence-corrected chi connectivity index (χ3v) is 5.84. The van der Waals surface area contributed by atoms with Crippen LogP contribution in [-0.2, 0) is 16.1 Å². The van der Waals surface area contributed by atoms with Crippen molar-refractivity contribution in [3.05, 3.63) is 59.9 Å². The molecule has 8 heteroatoms. The van der Waals surface area contributed by atoms with E-state index in [1.807, 2.05) is 42.5 Å². The Hall–Kier alpha value is -3.52. The number of hydrogen-bond donors (Lipinski definition) is 0. The van der Waals surface area contributed by atoms with Crippen LogP contribution in [0.15, 0.2) is 52.9 Å². The normalized spacial score (nSPS) is 18.1. The average Bonchev–Trinajstić information content (AvgIpc) is 3.21. The van der Waals surface area contributed by atoms with Gasteiger partial charge in [-0.05, 0) is 18.2 Å². The molecule has 2 aliphatic heterocycles. The van der Waals surface area contributed by atoms with Crippen LogP contribution < -0.4 is 9.47 Å². The summed E-state index contributed by atoms with van der Waals surface area (Å²) in [6.45, 7) is 2.14. The molecule has 1 atom stereocenters. The zero-order chi connectivity index (χ0) is 22.1. The molecule has 3 heterocycles. The van der Waals surface area contributed by atoms with Crippen molar-refractivity contribution < 1.29 is 28.2 Å². The van der Waals surface area contributed by atoms with E-state index in [-0.39, 0.29) is 25.0 Å². The van der Waals surface area contributed by atoms with E-state index in [4.69, 9.17) is 18.6 Å². The van der Waals surface area contributed by atoms with Gasteiger partial charge in [-0.1, -0.05) is 30.3 Å². The van der Waals surface area contributed by atoms with Crippen LogP contribution in [0.4, 0.5) is 0 Å². The quantitative estimate of drug-likeness (QED) is 0.626. The molecule has 0 N–H and O–H groups in total. The van der Waals surface area contributed by atoms with Crippen molar-refractivity contribution in [2.75, 3.05) is 39.9 Å². The number of piperazine rings is 1. The van der Waals surface area contributed by atoms with Gasteiger partial charge in [0.15, 0.2) is 17.3 Å². The van der Waals surface area contributed by atoms with Gasteiger partial charge in [-0.25, -0.2) is 0 Å². The number of nitrogens with zero attached hydrogens (tertiary/aromatic N) is 2. The summed E-state index contributed by atoms with van der Waals surface area (Å²) < 4.78 is 22.7. The van der Waals surface area contributed by atoms with Crippen LogP contribution in [-0.4, -0.2) is 67.6 Å². The molecule has 1 aromatic heterocycles. The predicted molar refractivity (Wildman–Crippen MR) is 116 cm³/mol. The van der Waals surface area contributed by atoms with Crippen LogP contribution in [0.25, 0.3) is 11.0 Å². The molecule has 0 bridgehead atoms. The van der Waals surface area contributed by atoms with Crippen LogP contribution in [0.1, 0.15) is 16.1 Å². The molecule has 2 aromatic carbocycles. The second-order valence-corrected chi connectivity index (χ2v) is 7.82. The maximum Gasteiger partial charge on any atom is 0.290 e. The second-order valence-electron chi connectivity index (χ2n) is 7.82. The highest BCUT2D eigenvalue weighted by molar-refractivity contribution is 5.99. The van der Waals surface area contributed by atoms with E-state index in [0.29, 0.717) is 49.0 Å². The number of furan rings is 1. The molecule has 166 valence electrons. The summed E-state index contributed by atoms with van der Waals surface area (Å²) in [5, 5.41) is 0.876. The summed E-state index contributed by atoms with van der Waals surface area (Å²) in [6, 6.07) is 14.8. The van der Waals surface area contributed by atoms with Crippen LogP contribution in [0.5, 0.6) is 11.5 Å². The van der Waals surface area contributed by atoms with Gasteiger partial charge in [0.1, 0.15) is 12.2 Å². The van der Waals surface area contributed by atoms with Crippen molar-refractivity contribution in [2.45, 2.75) is 12.7 Å². The van der Waals surface area contributed by atoms with Crippen molar-refractivity contribution >= 4 is 22.8 Å². The maximum atomic E-state index is 13.2. The lowest BCUT2D eigenvalue weighted by molar-refractivity contribution is -0.142. The van der Waals surface area contributed by atoms with Crippen molar-refractivity contribution in [2.24, 2.45) is 0 Å². The summed E-state index contributed by atoms with van der Waals surface area (Å²) in [5.41, 5.74) is 1.41. The van der Waals surface area contributed by atoms with Crippen molar-refractivity contribution in [1.82, 2.24) is 9.80 Å². The SMILES string of the molecule is COCc1c(C(=O)N2CCN(C(=O)[C@@H]3COc4ccccc4O3)CC2)oc2ccccc12.